The molecule has 2 aromatic carbocycles. The number of unbranched alkanes of at least 4 members (excludes halogenated alkanes) is 1. The number of rotatable bonds is 10. The van der Waals surface area contributed by atoms with Crippen molar-refractivity contribution in [1.29, 1.82) is 0 Å². The van der Waals surface area contributed by atoms with Crippen LogP contribution < -0.4 is 9.05 Å². The van der Waals surface area contributed by atoms with E-state index >= 15 is 0 Å². The van der Waals surface area contributed by atoms with E-state index < -0.39 is 15.3 Å². The van der Waals surface area contributed by atoms with Gasteiger partial charge in [0.25, 0.3) is 0 Å². The third kappa shape index (κ3) is 6.31. The first kappa shape index (κ1) is 23.8. The molecule has 1 aliphatic rings. The monoisotopic (exact) mass is 463 g/mol. The fraction of sp³-hybridized carbons (Fsp3) is 0.364. The normalized spacial score (nSPS) is 17.1. The zero-order valence-electron chi connectivity index (χ0n) is 18.3. The van der Waals surface area contributed by atoms with E-state index in [1.54, 1.807) is 24.3 Å². The average Bonchev–Trinajstić information content (AvgIpc) is 3.03. The molecule has 1 fully saturated rings. The molecule has 0 aromatic heterocycles. The summed E-state index contributed by atoms with van der Waals surface area (Å²) in [4.78, 5) is 0. The molecule has 3 rings (SSSR count). The van der Waals surface area contributed by atoms with Gasteiger partial charge < -0.3 is 13.6 Å². The van der Waals surface area contributed by atoms with E-state index in [2.05, 4.69) is 13.0 Å². The van der Waals surface area contributed by atoms with Crippen LogP contribution in [0, 0.1) is 0 Å². The molecule has 1 saturated heterocycles. The summed E-state index contributed by atoms with van der Waals surface area (Å²) in [6, 6.07) is 17.9. The second-order valence-corrected chi connectivity index (χ2v) is 11.9. The summed E-state index contributed by atoms with van der Waals surface area (Å²) >= 11 is 0. The van der Waals surface area contributed by atoms with Crippen molar-refractivity contribution < 1.29 is 18.1 Å². The van der Waals surface area contributed by atoms with Crippen LogP contribution in [0.2, 0.25) is 0 Å². The molecule has 0 saturated carbocycles. The minimum atomic E-state index is -3.97. The summed E-state index contributed by atoms with van der Waals surface area (Å²) in [6.07, 6.45) is 6.14. The van der Waals surface area contributed by atoms with Crippen LogP contribution in [0.4, 0.5) is 0 Å². The van der Waals surface area contributed by atoms with E-state index in [1.807, 2.05) is 65.9 Å². The van der Waals surface area contributed by atoms with Crippen molar-refractivity contribution in [2.75, 3.05) is 33.8 Å². The zero-order chi connectivity index (χ0) is 22.2. The minimum absolute atomic E-state index is 0.378. The fourth-order valence-electron chi connectivity index (χ4n) is 3.09. The summed E-state index contributed by atoms with van der Waals surface area (Å²) < 4.78 is 40.8. The molecule has 31 heavy (non-hydrogen) atoms. The molecule has 9 heteroatoms. The van der Waals surface area contributed by atoms with Crippen molar-refractivity contribution in [1.82, 2.24) is 9.34 Å². The van der Waals surface area contributed by atoms with Crippen molar-refractivity contribution in [2.45, 2.75) is 19.8 Å². The van der Waals surface area contributed by atoms with Gasteiger partial charge in [0.1, 0.15) is 11.5 Å². The molecule has 0 N–H and O–H groups in total. The molecule has 0 radical (unpaired) electrons. The summed E-state index contributed by atoms with van der Waals surface area (Å²) in [5.74, 6) is 0.854. The Morgan fingerprint density at radius 2 is 1.45 bits per heavy atom. The van der Waals surface area contributed by atoms with Gasteiger partial charge in [-0.1, -0.05) is 61.9 Å². The summed E-state index contributed by atoms with van der Waals surface area (Å²) in [7, 11) is -2.84. The minimum Gasteiger partial charge on any atom is -0.399 e. The Balaban J connectivity index is 2.00. The molecular weight excluding hydrogens is 432 g/mol. The number of nitrogens with zero attached hydrogens (tertiary/aromatic N) is 3. The van der Waals surface area contributed by atoms with Crippen LogP contribution in [-0.2, 0) is 9.09 Å². The van der Waals surface area contributed by atoms with Crippen molar-refractivity contribution in [3.8, 4) is 11.5 Å². The lowest BCUT2D eigenvalue weighted by molar-refractivity contribution is 0.336. The lowest BCUT2D eigenvalue weighted by Gasteiger charge is -2.31. The second kappa shape index (κ2) is 11.1. The Bertz CT molecular complexity index is 894. The Morgan fingerprint density at radius 1 is 0.935 bits per heavy atom. The van der Waals surface area contributed by atoms with Gasteiger partial charge in [0, 0.05) is 13.1 Å². The van der Waals surface area contributed by atoms with E-state index in [9.17, 15) is 4.57 Å². The highest BCUT2D eigenvalue weighted by atomic mass is 31.2. The highest BCUT2D eigenvalue weighted by molar-refractivity contribution is 7.67. The van der Waals surface area contributed by atoms with Crippen molar-refractivity contribution in [2.24, 2.45) is 4.52 Å². The van der Waals surface area contributed by atoms with Gasteiger partial charge in [-0.2, -0.15) is 0 Å². The Hall–Kier alpha value is -1.88. The Labute approximate surface area is 185 Å². The van der Waals surface area contributed by atoms with Gasteiger partial charge in [-0.15, -0.1) is 4.52 Å². The molecule has 0 unspecified atom stereocenters. The molecule has 0 amide bonds. The zero-order valence-corrected chi connectivity index (χ0v) is 20.1. The smallest absolute Gasteiger partial charge is 0.399 e. The van der Waals surface area contributed by atoms with Crippen LogP contribution in [0.3, 0.4) is 0 Å². The largest absolute Gasteiger partial charge is 0.566 e. The van der Waals surface area contributed by atoms with Crippen LogP contribution in [0.25, 0.3) is 0 Å². The highest BCUT2D eigenvalue weighted by Crippen LogP contribution is 2.67. The standard InChI is InChI=1S/C22H31N3O4P2/c1-4-5-6-13-20-27-30(24(2)18-19-25(30)3)23-31(26,28-21-14-9-7-10-15-21)29-22-16-11-8-12-17-22/h6-17H,4-5,18-20H2,1-3H3/b13-6+. The van der Waals surface area contributed by atoms with Crippen LogP contribution in [0.15, 0.2) is 77.3 Å². The SMILES string of the molecule is CCC/C=C/COP1(=NP(=O)(Oc2ccccc2)Oc2ccccc2)N(C)CCN1C. The number of para-hydroxylation sites is 2. The topological polar surface area (TPSA) is 63.6 Å². The van der Waals surface area contributed by atoms with Crippen molar-refractivity contribution >= 4 is 15.3 Å². The molecule has 2 aromatic rings. The summed E-state index contributed by atoms with van der Waals surface area (Å²) in [6.45, 7) is 4.01. The predicted octanol–water partition coefficient (Wildman–Crippen LogP) is 6.45. The van der Waals surface area contributed by atoms with Gasteiger partial charge >= 0.3 is 7.75 Å². The van der Waals surface area contributed by atoms with Gasteiger partial charge in [-0.3, -0.25) is 0 Å². The maximum absolute atomic E-state index is 14.0. The number of hydrogen-bond acceptors (Lipinski definition) is 4. The molecule has 168 valence electrons. The Kier molecular flexibility index (Phi) is 8.53. The molecule has 1 aliphatic heterocycles. The van der Waals surface area contributed by atoms with Gasteiger partial charge in [0.15, 0.2) is 0 Å². The summed E-state index contributed by atoms with van der Waals surface area (Å²) in [5.41, 5.74) is 0. The van der Waals surface area contributed by atoms with Crippen LogP contribution in [0.5, 0.6) is 11.5 Å². The third-order valence-electron chi connectivity index (χ3n) is 4.76. The maximum atomic E-state index is 14.0. The van der Waals surface area contributed by atoms with E-state index in [-0.39, 0.29) is 0 Å². The number of allylic oxidation sites excluding steroid dienone is 1. The number of likely N-dealkylation sites (N-methyl/N-ethyl adjacent to an activating group) is 2. The molecule has 0 atom stereocenters. The van der Waals surface area contributed by atoms with Gasteiger partial charge in [0.2, 0.25) is 7.58 Å². The lowest BCUT2D eigenvalue weighted by Crippen LogP contribution is -2.17. The first-order valence-corrected chi connectivity index (χ1v) is 13.5. The van der Waals surface area contributed by atoms with E-state index in [0.29, 0.717) is 18.1 Å². The van der Waals surface area contributed by atoms with E-state index in [1.165, 1.54) is 0 Å². The molecule has 7 nitrogen and oxygen atoms in total. The first-order chi connectivity index (χ1) is 15.0. The molecule has 0 spiro atoms. The number of benzene rings is 2. The van der Waals surface area contributed by atoms with Gasteiger partial charge in [0.05, 0.1) is 6.61 Å². The molecule has 0 aliphatic carbocycles. The summed E-state index contributed by atoms with van der Waals surface area (Å²) in [5, 5.41) is 0. The van der Waals surface area contributed by atoms with Gasteiger partial charge in [-0.25, -0.2) is 13.9 Å². The average molecular weight is 463 g/mol. The van der Waals surface area contributed by atoms with Crippen molar-refractivity contribution in [3.63, 3.8) is 0 Å². The van der Waals surface area contributed by atoms with Gasteiger partial charge in [-0.05, 0) is 44.8 Å². The molecular formula is C22H31N3O4P2. The van der Waals surface area contributed by atoms with Crippen molar-refractivity contribution in [3.05, 3.63) is 72.8 Å². The fourth-order valence-corrected chi connectivity index (χ4v) is 8.54. The molecule has 0 bridgehead atoms. The van der Waals surface area contributed by atoms with E-state index in [0.717, 1.165) is 25.9 Å². The first-order valence-electron chi connectivity index (χ1n) is 10.4. The van der Waals surface area contributed by atoms with E-state index in [4.69, 9.17) is 18.1 Å². The maximum Gasteiger partial charge on any atom is 0.566 e. The van der Waals surface area contributed by atoms with Crippen LogP contribution in [-0.4, -0.2) is 43.1 Å². The Morgan fingerprint density at radius 3 is 1.94 bits per heavy atom. The molecule has 1 heterocycles. The lowest BCUT2D eigenvalue weighted by atomic mass is 10.3. The highest BCUT2D eigenvalue weighted by Gasteiger charge is 2.43. The quantitative estimate of drug-likeness (QED) is 0.298. The second-order valence-electron chi connectivity index (χ2n) is 7.20. The predicted molar refractivity (Wildman–Crippen MR) is 126 cm³/mol. The van der Waals surface area contributed by atoms with Crippen LogP contribution in [0.1, 0.15) is 19.8 Å². The third-order valence-corrected chi connectivity index (χ3v) is 10.1. The van der Waals surface area contributed by atoms with Crippen LogP contribution >= 0.6 is 15.3 Å². The number of hydrogen-bond donors (Lipinski definition) is 0.